The predicted octanol–water partition coefficient (Wildman–Crippen LogP) is 4.59. The van der Waals surface area contributed by atoms with Gasteiger partial charge in [-0.3, -0.25) is 9.59 Å². The minimum absolute atomic E-state index is 0.181. The Balaban J connectivity index is 2.17. The summed E-state index contributed by atoms with van der Waals surface area (Å²) in [7, 11) is 1.30. The van der Waals surface area contributed by atoms with E-state index < -0.39 is 11.9 Å². The van der Waals surface area contributed by atoms with Crippen molar-refractivity contribution < 1.29 is 14.3 Å². The normalized spacial score (nSPS) is 20.1. The Bertz CT molecular complexity index is 784. The Morgan fingerprint density at radius 1 is 1.36 bits per heavy atom. The quantitative estimate of drug-likeness (QED) is 0.548. The number of hydrogen-bond donors (Lipinski definition) is 0. The molecule has 0 bridgehead atoms. The zero-order chi connectivity index (χ0) is 16.0. The lowest BCUT2D eigenvalue weighted by Gasteiger charge is -2.18. The average molecular weight is 400 g/mol. The van der Waals surface area contributed by atoms with Crippen LogP contribution in [0.1, 0.15) is 32.3 Å². The van der Waals surface area contributed by atoms with Gasteiger partial charge in [0.15, 0.2) is 5.78 Å². The molecule has 6 heteroatoms. The number of esters is 1. The summed E-state index contributed by atoms with van der Waals surface area (Å²) in [6, 6.07) is 7.54. The maximum atomic E-state index is 12.6. The third-order valence-electron chi connectivity index (χ3n) is 3.92. The molecule has 2 unspecified atom stereocenters. The smallest absolute Gasteiger partial charge is 0.317 e. The van der Waals surface area contributed by atoms with E-state index in [2.05, 4.69) is 15.9 Å². The number of carbonyl (C=O) groups excluding carboxylic acids is 2. The van der Waals surface area contributed by atoms with Crippen molar-refractivity contribution in [2.75, 3.05) is 7.11 Å². The van der Waals surface area contributed by atoms with Crippen molar-refractivity contribution >= 4 is 50.6 Å². The minimum Gasteiger partial charge on any atom is -0.468 e. The van der Waals surface area contributed by atoms with Crippen LogP contribution in [0.15, 0.2) is 28.1 Å². The van der Waals surface area contributed by atoms with E-state index in [4.69, 9.17) is 16.3 Å². The first-order chi connectivity index (χ1) is 10.4. The van der Waals surface area contributed by atoms with Gasteiger partial charge in [-0.1, -0.05) is 23.7 Å². The first-order valence-electron chi connectivity index (χ1n) is 6.61. The van der Waals surface area contributed by atoms with Crippen molar-refractivity contribution in [2.45, 2.75) is 12.8 Å². The van der Waals surface area contributed by atoms with Gasteiger partial charge in [-0.05, 0) is 51.7 Å². The van der Waals surface area contributed by atoms with Gasteiger partial charge in [-0.25, -0.2) is 0 Å². The van der Waals surface area contributed by atoms with Crippen LogP contribution in [-0.4, -0.2) is 18.9 Å². The molecule has 0 N–H and O–H groups in total. The van der Waals surface area contributed by atoms with Gasteiger partial charge in [0, 0.05) is 10.9 Å². The van der Waals surface area contributed by atoms with Crippen LogP contribution in [0.4, 0.5) is 0 Å². The number of benzene rings is 1. The molecule has 0 radical (unpaired) electrons. The Morgan fingerprint density at radius 2 is 2.09 bits per heavy atom. The third-order valence-corrected chi connectivity index (χ3v) is 5.99. The number of ether oxygens (including phenoxy) is 1. The van der Waals surface area contributed by atoms with Crippen LogP contribution in [0.3, 0.4) is 0 Å². The Hall–Kier alpha value is -1.17. The molecule has 3 rings (SSSR count). The van der Waals surface area contributed by atoms with Crippen molar-refractivity contribution in [2.24, 2.45) is 5.92 Å². The van der Waals surface area contributed by atoms with Gasteiger partial charge in [0.25, 0.3) is 0 Å². The minimum atomic E-state index is -0.835. The van der Waals surface area contributed by atoms with E-state index in [1.165, 1.54) is 18.4 Å². The molecule has 0 amide bonds. The lowest BCUT2D eigenvalue weighted by Crippen LogP contribution is -2.26. The fourth-order valence-electron chi connectivity index (χ4n) is 2.81. The summed E-state index contributed by atoms with van der Waals surface area (Å²) in [5.41, 5.74) is 2.66. The third kappa shape index (κ3) is 2.41. The van der Waals surface area contributed by atoms with Crippen molar-refractivity contribution in [3.8, 4) is 0 Å². The number of aryl methyl sites for hydroxylation is 1. The lowest BCUT2D eigenvalue weighted by molar-refractivity contribution is -0.143. The van der Waals surface area contributed by atoms with Gasteiger partial charge in [0.05, 0.1) is 15.8 Å². The Morgan fingerprint density at radius 3 is 2.73 bits per heavy atom. The standard InChI is InChI=1S/C16H12BrClO3S/c1-7-3-4-8(5-10(7)18)12-9-6-11(17)22-15(9)14(19)13(12)16(20)21-2/h3-6,12-13H,1-2H3. The van der Waals surface area contributed by atoms with Gasteiger partial charge in [0.2, 0.25) is 0 Å². The van der Waals surface area contributed by atoms with Gasteiger partial charge in [0.1, 0.15) is 5.92 Å². The average Bonchev–Trinajstić information content (AvgIpc) is 2.98. The monoisotopic (exact) mass is 398 g/mol. The number of rotatable bonds is 2. The van der Waals surface area contributed by atoms with Crippen molar-refractivity contribution in [3.05, 3.63) is 54.6 Å². The molecule has 2 aromatic rings. The summed E-state index contributed by atoms with van der Waals surface area (Å²) in [4.78, 5) is 25.3. The fraction of sp³-hybridized carbons (Fsp3) is 0.250. The summed E-state index contributed by atoms with van der Waals surface area (Å²) in [5, 5.41) is 0.622. The lowest BCUT2D eigenvalue weighted by atomic mass is 9.85. The van der Waals surface area contributed by atoms with Crippen LogP contribution in [0.2, 0.25) is 5.02 Å². The topological polar surface area (TPSA) is 43.4 Å². The van der Waals surface area contributed by atoms with E-state index in [0.29, 0.717) is 9.90 Å². The SMILES string of the molecule is COC(=O)C1C(=O)c2sc(Br)cc2C1c1ccc(C)c(Cl)c1. The molecule has 3 nitrogen and oxygen atoms in total. The Kier molecular flexibility index (Phi) is 4.14. The number of thiophene rings is 1. The number of ketones is 1. The van der Waals surface area contributed by atoms with E-state index >= 15 is 0 Å². The van der Waals surface area contributed by atoms with Gasteiger partial charge in [-0.2, -0.15) is 0 Å². The highest BCUT2D eigenvalue weighted by Crippen LogP contribution is 2.48. The molecule has 0 aliphatic heterocycles. The molecule has 0 fully saturated rings. The largest absolute Gasteiger partial charge is 0.468 e. The molecular formula is C16H12BrClO3S. The maximum absolute atomic E-state index is 12.6. The molecule has 1 heterocycles. The van der Waals surface area contributed by atoms with Crippen molar-refractivity contribution in [1.29, 1.82) is 0 Å². The number of methoxy groups -OCH3 is 1. The highest BCUT2D eigenvalue weighted by molar-refractivity contribution is 9.11. The van der Waals surface area contributed by atoms with Gasteiger partial charge in [-0.15, -0.1) is 11.3 Å². The van der Waals surface area contributed by atoms with Crippen molar-refractivity contribution in [3.63, 3.8) is 0 Å². The van der Waals surface area contributed by atoms with Crippen molar-refractivity contribution in [1.82, 2.24) is 0 Å². The summed E-state index contributed by atoms with van der Waals surface area (Å²) >= 11 is 11.0. The number of halogens is 2. The number of carbonyl (C=O) groups is 2. The van der Waals surface area contributed by atoms with Crippen LogP contribution in [0.5, 0.6) is 0 Å². The summed E-state index contributed by atoms with van der Waals surface area (Å²) in [5.74, 6) is -1.88. The predicted molar refractivity (Wildman–Crippen MR) is 89.9 cm³/mol. The molecule has 2 atom stereocenters. The summed E-state index contributed by atoms with van der Waals surface area (Å²) in [6.45, 7) is 1.91. The summed E-state index contributed by atoms with van der Waals surface area (Å²) < 4.78 is 5.71. The van der Waals surface area contributed by atoms with Crippen LogP contribution >= 0.6 is 38.9 Å². The fourth-order valence-corrected chi connectivity index (χ4v) is 4.65. The van der Waals surface area contributed by atoms with E-state index in [1.54, 1.807) is 0 Å². The number of Topliss-reactive ketones (excluding diaryl/α,β-unsaturated/α-hetero) is 1. The zero-order valence-electron chi connectivity index (χ0n) is 11.9. The van der Waals surface area contributed by atoms with Gasteiger partial charge < -0.3 is 4.74 Å². The highest BCUT2D eigenvalue weighted by Gasteiger charge is 2.47. The second-order valence-corrected chi connectivity index (χ2v) is 8.02. The molecule has 0 saturated carbocycles. The van der Waals surface area contributed by atoms with E-state index in [-0.39, 0.29) is 11.7 Å². The van der Waals surface area contributed by atoms with Crippen LogP contribution in [0, 0.1) is 12.8 Å². The van der Waals surface area contributed by atoms with Crippen LogP contribution in [-0.2, 0) is 9.53 Å². The second kappa shape index (κ2) is 5.80. The number of hydrogen-bond acceptors (Lipinski definition) is 4. The maximum Gasteiger partial charge on any atom is 0.317 e. The Labute approximate surface area is 145 Å². The molecule has 1 aliphatic carbocycles. The molecule has 0 saturated heterocycles. The summed E-state index contributed by atoms with van der Waals surface area (Å²) in [6.07, 6.45) is 0. The second-order valence-electron chi connectivity index (χ2n) is 5.19. The van der Waals surface area contributed by atoms with Crippen LogP contribution in [0.25, 0.3) is 0 Å². The first-order valence-corrected chi connectivity index (χ1v) is 8.60. The van der Waals surface area contributed by atoms with Crippen LogP contribution < -0.4 is 0 Å². The highest BCUT2D eigenvalue weighted by atomic mass is 79.9. The van der Waals surface area contributed by atoms with E-state index in [1.807, 2.05) is 31.2 Å². The van der Waals surface area contributed by atoms with Gasteiger partial charge >= 0.3 is 5.97 Å². The zero-order valence-corrected chi connectivity index (χ0v) is 15.0. The molecule has 114 valence electrons. The molecule has 0 spiro atoms. The first kappa shape index (κ1) is 15.7. The molecule has 1 aliphatic rings. The molecule has 1 aromatic carbocycles. The molecule has 1 aromatic heterocycles. The van der Waals surface area contributed by atoms with E-state index in [9.17, 15) is 9.59 Å². The molecule has 22 heavy (non-hydrogen) atoms. The van der Waals surface area contributed by atoms with E-state index in [0.717, 1.165) is 20.5 Å². The number of fused-ring (bicyclic) bond motifs is 1. The molecular weight excluding hydrogens is 388 g/mol.